The minimum Gasteiger partial charge on any atom is -0.381 e. The number of rotatable bonds is 5. The molecule has 1 fully saturated rings. The van der Waals surface area contributed by atoms with Gasteiger partial charge in [-0.05, 0) is 31.3 Å². The van der Waals surface area contributed by atoms with Gasteiger partial charge in [-0.1, -0.05) is 5.16 Å². The van der Waals surface area contributed by atoms with Crippen LogP contribution in [0.1, 0.15) is 42.9 Å². The van der Waals surface area contributed by atoms with Crippen molar-refractivity contribution in [3.63, 3.8) is 0 Å². The van der Waals surface area contributed by atoms with Gasteiger partial charge in [-0.15, -0.1) is 0 Å². The molecule has 1 aliphatic rings. The van der Waals surface area contributed by atoms with Gasteiger partial charge >= 0.3 is 0 Å². The molecule has 2 N–H and O–H groups in total. The average Bonchev–Trinajstić information content (AvgIpc) is 2.86. The molecule has 0 spiro atoms. The van der Waals surface area contributed by atoms with Gasteiger partial charge in [-0.25, -0.2) is 0 Å². The van der Waals surface area contributed by atoms with Crippen molar-refractivity contribution in [2.24, 2.45) is 5.73 Å². The minimum absolute atomic E-state index is 0.145. The Balaban J connectivity index is 1.94. The molecule has 0 amide bonds. The van der Waals surface area contributed by atoms with Crippen molar-refractivity contribution in [3.8, 4) is 0 Å². The molecule has 17 heavy (non-hydrogen) atoms. The maximum Gasteiger partial charge on any atom is 0.243 e. The molecule has 0 bridgehead atoms. The molecular weight excluding hydrogens is 238 g/mol. The van der Waals surface area contributed by atoms with E-state index in [4.69, 9.17) is 15.0 Å². The summed E-state index contributed by atoms with van der Waals surface area (Å²) in [6, 6.07) is -0.145. The van der Waals surface area contributed by atoms with Gasteiger partial charge in [0, 0.05) is 12.5 Å². The zero-order chi connectivity index (χ0) is 12.1. The summed E-state index contributed by atoms with van der Waals surface area (Å²) in [4.78, 5) is 4.39. The molecule has 1 saturated heterocycles. The van der Waals surface area contributed by atoms with Crippen LogP contribution in [0.25, 0.3) is 0 Å². The van der Waals surface area contributed by atoms with Gasteiger partial charge in [0.05, 0.1) is 12.6 Å². The topological polar surface area (TPSA) is 74.2 Å². The molecule has 0 aromatic carbocycles. The molecule has 1 aromatic rings. The molecule has 1 unspecified atom stereocenters. The highest BCUT2D eigenvalue weighted by Gasteiger charge is 2.23. The minimum atomic E-state index is -0.145. The van der Waals surface area contributed by atoms with E-state index in [0.717, 1.165) is 37.4 Å². The largest absolute Gasteiger partial charge is 0.381 e. The smallest absolute Gasteiger partial charge is 0.243 e. The van der Waals surface area contributed by atoms with Crippen LogP contribution in [0.15, 0.2) is 4.52 Å². The Bertz CT molecular complexity index is 339. The van der Waals surface area contributed by atoms with Crippen LogP contribution in [0.4, 0.5) is 0 Å². The monoisotopic (exact) mass is 257 g/mol. The van der Waals surface area contributed by atoms with Crippen molar-refractivity contribution in [1.29, 1.82) is 0 Å². The zero-order valence-corrected chi connectivity index (χ0v) is 10.9. The fraction of sp³-hybridized carbons (Fsp3) is 0.818. The Kier molecular flexibility index (Phi) is 4.82. The summed E-state index contributed by atoms with van der Waals surface area (Å²) in [5.41, 5.74) is 5.98. The number of nitrogens with zero attached hydrogens (tertiary/aromatic N) is 2. The van der Waals surface area contributed by atoms with E-state index >= 15 is 0 Å². The molecule has 1 aliphatic heterocycles. The van der Waals surface area contributed by atoms with Gasteiger partial charge in [0.1, 0.15) is 0 Å². The molecule has 2 heterocycles. The maximum atomic E-state index is 5.98. The fourth-order valence-electron chi connectivity index (χ4n) is 1.88. The third kappa shape index (κ3) is 3.43. The highest BCUT2D eigenvalue weighted by atomic mass is 32.2. The van der Waals surface area contributed by atoms with Crippen LogP contribution in [0.3, 0.4) is 0 Å². The van der Waals surface area contributed by atoms with E-state index in [-0.39, 0.29) is 12.0 Å². The van der Waals surface area contributed by atoms with Gasteiger partial charge in [-0.3, -0.25) is 0 Å². The summed E-state index contributed by atoms with van der Waals surface area (Å²) in [6.07, 6.45) is 5.06. The van der Waals surface area contributed by atoms with Crippen molar-refractivity contribution in [2.75, 3.05) is 25.2 Å². The van der Waals surface area contributed by atoms with Crippen molar-refractivity contribution in [1.82, 2.24) is 10.1 Å². The zero-order valence-electron chi connectivity index (χ0n) is 10.1. The molecule has 5 nitrogen and oxygen atoms in total. The van der Waals surface area contributed by atoms with E-state index < -0.39 is 0 Å². The number of hydrogen-bond donors (Lipinski definition) is 1. The summed E-state index contributed by atoms with van der Waals surface area (Å²) in [5, 5.41) is 4.02. The normalized spacial score (nSPS) is 22.6. The second-order valence-electron chi connectivity index (χ2n) is 4.29. The number of nitrogens with two attached hydrogens (primary N) is 1. The standard InChI is InChI=1S/C11H19N3O2S/c1-17-6-4-9(12)11-13-10(14-16-11)8-3-2-5-15-7-8/h8-9H,2-7,12H2,1H3/t8?,9-/m0/s1. The molecule has 2 rings (SSSR count). The Labute approximate surface area is 105 Å². The lowest BCUT2D eigenvalue weighted by Gasteiger charge is -2.18. The van der Waals surface area contributed by atoms with E-state index in [2.05, 4.69) is 16.4 Å². The van der Waals surface area contributed by atoms with Crippen LogP contribution >= 0.6 is 11.8 Å². The quantitative estimate of drug-likeness (QED) is 0.865. The van der Waals surface area contributed by atoms with E-state index in [1.807, 2.05) is 0 Å². The summed E-state index contributed by atoms with van der Waals surface area (Å²) in [7, 11) is 0. The Morgan fingerprint density at radius 3 is 3.18 bits per heavy atom. The lowest BCUT2D eigenvalue weighted by molar-refractivity contribution is 0.0773. The molecular formula is C11H19N3O2S. The lowest BCUT2D eigenvalue weighted by atomic mass is 10.0. The molecule has 0 radical (unpaired) electrons. The predicted octanol–water partition coefficient (Wildman–Crippen LogP) is 1.72. The second kappa shape index (κ2) is 6.37. The van der Waals surface area contributed by atoms with Gasteiger partial charge in [0.2, 0.25) is 5.89 Å². The Morgan fingerprint density at radius 1 is 1.59 bits per heavy atom. The third-order valence-electron chi connectivity index (χ3n) is 2.93. The molecule has 6 heteroatoms. The predicted molar refractivity (Wildman–Crippen MR) is 67.0 cm³/mol. The van der Waals surface area contributed by atoms with Gasteiger partial charge < -0.3 is 15.0 Å². The van der Waals surface area contributed by atoms with Gasteiger partial charge in [0.15, 0.2) is 5.82 Å². The number of thioether (sulfide) groups is 1. The number of hydrogen-bond acceptors (Lipinski definition) is 6. The van der Waals surface area contributed by atoms with Gasteiger partial charge in [-0.2, -0.15) is 16.7 Å². The summed E-state index contributed by atoms with van der Waals surface area (Å²) >= 11 is 1.77. The van der Waals surface area contributed by atoms with Crippen molar-refractivity contribution >= 4 is 11.8 Å². The van der Waals surface area contributed by atoms with Crippen molar-refractivity contribution < 1.29 is 9.26 Å². The lowest BCUT2D eigenvalue weighted by Crippen LogP contribution is -2.17. The van der Waals surface area contributed by atoms with E-state index in [1.54, 1.807) is 11.8 Å². The summed E-state index contributed by atoms with van der Waals surface area (Å²) in [6.45, 7) is 1.54. The third-order valence-corrected chi connectivity index (χ3v) is 3.58. The fourth-order valence-corrected chi connectivity index (χ4v) is 2.37. The Morgan fingerprint density at radius 2 is 2.47 bits per heavy atom. The first kappa shape index (κ1) is 12.9. The first-order valence-corrected chi connectivity index (χ1v) is 7.36. The second-order valence-corrected chi connectivity index (χ2v) is 5.28. The molecule has 0 saturated carbocycles. The van der Waals surface area contributed by atoms with Crippen molar-refractivity contribution in [3.05, 3.63) is 11.7 Å². The van der Waals surface area contributed by atoms with Gasteiger partial charge in [0.25, 0.3) is 0 Å². The van der Waals surface area contributed by atoms with Crippen LogP contribution in [0.2, 0.25) is 0 Å². The SMILES string of the molecule is CSCC[C@H](N)c1nc(C2CCCOC2)no1. The van der Waals surface area contributed by atoms with Crippen LogP contribution in [0, 0.1) is 0 Å². The van der Waals surface area contributed by atoms with E-state index in [0.29, 0.717) is 12.5 Å². The van der Waals surface area contributed by atoms with Crippen LogP contribution in [-0.2, 0) is 4.74 Å². The molecule has 96 valence electrons. The summed E-state index contributed by atoms with van der Waals surface area (Å²) in [5.74, 6) is 2.58. The van der Waals surface area contributed by atoms with E-state index in [9.17, 15) is 0 Å². The van der Waals surface area contributed by atoms with Crippen LogP contribution in [0.5, 0.6) is 0 Å². The van der Waals surface area contributed by atoms with Crippen LogP contribution < -0.4 is 5.73 Å². The van der Waals surface area contributed by atoms with Crippen LogP contribution in [-0.4, -0.2) is 35.4 Å². The summed E-state index contributed by atoms with van der Waals surface area (Å²) < 4.78 is 10.6. The first-order valence-electron chi connectivity index (χ1n) is 5.97. The average molecular weight is 257 g/mol. The first-order chi connectivity index (χ1) is 8.31. The molecule has 1 aromatic heterocycles. The van der Waals surface area contributed by atoms with E-state index in [1.165, 1.54) is 0 Å². The molecule has 0 aliphatic carbocycles. The number of ether oxygens (including phenoxy) is 1. The maximum absolute atomic E-state index is 5.98. The highest BCUT2D eigenvalue weighted by Crippen LogP contribution is 2.24. The number of aromatic nitrogens is 2. The molecule has 2 atom stereocenters. The van der Waals surface area contributed by atoms with Crippen molar-refractivity contribution in [2.45, 2.75) is 31.2 Å². The highest BCUT2D eigenvalue weighted by molar-refractivity contribution is 7.98. The Hall–Kier alpha value is -0.590.